The Morgan fingerprint density at radius 2 is 1.91 bits per heavy atom. The molecule has 0 heterocycles. The standard InChI is InChI=1S/C18H26N2O2/c19-10-11-22-15-8-6-14(7-9-15)20-18(21)17-12-16(17)13-4-2-1-3-5-13/h6-9,13,16-17H,1-5,10-12,19H2,(H,20,21). The first-order chi connectivity index (χ1) is 10.8. The fourth-order valence-corrected chi connectivity index (χ4v) is 3.65. The van der Waals surface area contributed by atoms with Gasteiger partial charge in [0, 0.05) is 18.2 Å². The number of benzene rings is 1. The van der Waals surface area contributed by atoms with Gasteiger partial charge in [-0.1, -0.05) is 32.1 Å². The first-order valence-electron chi connectivity index (χ1n) is 8.51. The fraction of sp³-hybridized carbons (Fsp3) is 0.611. The minimum Gasteiger partial charge on any atom is -0.492 e. The Kier molecular flexibility index (Phi) is 4.98. The summed E-state index contributed by atoms with van der Waals surface area (Å²) >= 11 is 0. The molecule has 0 aliphatic heterocycles. The van der Waals surface area contributed by atoms with Gasteiger partial charge in [-0.25, -0.2) is 0 Å². The summed E-state index contributed by atoms with van der Waals surface area (Å²) in [7, 11) is 0. The lowest BCUT2D eigenvalue weighted by molar-refractivity contribution is -0.117. The number of carbonyl (C=O) groups is 1. The highest BCUT2D eigenvalue weighted by molar-refractivity contribution is 5.94. The quantitative estimate of drug-likeness (QED) is 0.848. The van der Waals surface area contributed by atoms with E-state index in [-0.39, 0.29) is 11.8 Å². The second kappa shape index (κ2) is 7.14. The molecule has 2 saturated carbocycles. The Morgan fingerprint density at radius 1 is 1.18 bits per heavy atom. The van der Waals surface area contributed by atoms with Gasteiger partial charge in [-0.3, -0.25) is 4.79 Å². The molecule has 0 radical (unpaired) electrons. The number of hydrogen-bond acceptors (Lipinski definition) is 3. The first kappa shape index (κ1) is 15.3. The van der Waals surface area contributed by atoms with Crippen LogP contribution in [0.15, 0.2) is 24.3 Å². The third-order valence-corrected chi connectivity index (χ3v) is 4.94. The highest BCUT2D eigenvalue weighted by atomic mass is 16.5. The van der Waals surface area contributed by atoms with Crippen LogP contribution < -0.4 is 15.8 Å². The van der Waals surface area contributed by atoms with Gasteiger partial charge in [0.05, 0.1) is 0 Å². The van der Waals surface area contributed by atoms with E-state index in [9.17, 15) is 4.79 Å². The first-order valence-corrected chi connectivity index (χ1v) is 8.51. The molecule has 2 atom stereocenters. The maximum absolute atomic E-state index is 12.3. The normalized spacial score (nSPS) is 24.8. The Labute approximate surface area is 132 Å². The van der Waals surface area contributed by atoms with Crippen molar-refractivity contribution in [3.63, 3.8) is 0 Å². The predicted octanol–water partition coefficient (Wildman–Crippen LogP) is 3.18. The van der Waals surface area contributed by atoms with E-state index >= 15 is 0 Å². The molecular formula is C18H26N2O2. The third kappa shape index (κ3) is 3.80. The van der Waals surface area contributed by atoms with E-state index in [0.717, 1.165) is 23.8 Å². The zero-order chi connectivity index (χ0) is 15.4. The van der Waals surface area contributed by atoms with E-state index in [0.29, 0.717) is 19.1 Å². The van der Waals surface area contributed by atoms with Crippen LogP contribution >= 0.6 is 0 Å². The van der Waals surface area contributed by atoms with E-state index in [1.54, 1.807) is 0 Å². The lowest BCUT2D eigenvalue weighted by atomic mass is 9.85. The number of nitrogens with two attached hydrogens (primary N) is 1. The zero-order valence-corrected chi connectivity index (χ0v) is 13.1. The van der Waals surface area contributed by atoms with Gasteiger partial charge < -0.3 is 15.8 Å². The van der Waals surface area contributed by atoms with Gasteiger partial charge >= 0.3 is 0 Å². The van der Waals surface area contributed by atoms with Crippen LogP contribution in [0.5, 0.6) is 5.75 Å². The molecule has 2 fully saturated rings. The van der Waals surface area contributed by atoms with Crippen molar-refractivity contribution < 1.29 is 9.53 Å². The molecule has 3 rings (SSSR count). The van der Waals surface area contributed by atoms with Crippen molar-refractivity contribution in [2.75, 3.05) is 18.5 Å². The van der Waals surface area contributed by atoms with Crippen LogP contribution in [0, 0.1) is 17.8 Å². The summed E-state index contributed by atoms with van der Waals surface area (Å²) in [4.78, 5) is 12.3. The van der Waals surface area contributed by atoms with Crippen LogP contribution in [0.4, 0.5) is 5.69 Å². The van der Waals surface area contributed by atoms with E-state index in [4.69, 9.17) is 10.5 Å². The average molecular weight is 302 g/mol. The molecule has 1 aromatic rings. The predicted molar refractivity (Wildman–Crippen MR) is 87.8 cm³/mol. The fourth-order valence-electron chi connectivity index (χ4n) is 3.65. The maximum atomic E-state index is 12.3. The monoisotopic (exact) mass is 302 g/mol. The van der Waals surface area contributed by atoms with Crippen LogP contribution in [0.25, 0.3) is 0 Å². The van der Waals surface area contributed by atoms with Gasteiger partial charge in [-0.05, 0) is 42.5 Å². The number of amides is 1. The molecule has 2 unspecified atom stereocenters. The molecule has 22 heavy (non-hydrogen) atoms. The minimum absolute atomic E-state index is 0.186. The van der Waals surface area contributed by atoms with E-state index in [1.165, 1.54) is 32.1 Å². The number of ether oxygens (including phenoxy) is 1. The smallest absolute Gasteiger partial charge is 0.227 e. The summed E-state index contributed by atoms with van der Waals surface area (Å²) in [5, 5.41) is 3.04. The van der Waals surface area contributed by atoms with Gasteiger partial charge in [-0.15, -0.1) is 0 Å². The van der Waals surface area contributed by atoms with Crippen LogP contribution in [0.2, 0.25) is 0 Å². The molecular weight excluding hydrogens is 276 g/mol. The molecule has 0 bridgehead atoms. The molecule has 1 amide bonds. The number of carbonyl (C=O) groups excluding carboxylic acids is 1. The lowest BCUT2D eigenvalue weighted by Gasteiger charge is -2.21. The molecule has 2 aliphatic carbocycles. The van der Waals surface area contributed by atoms with Crippen molar-refractivity contribution in [2.24, 2.45) is 23.5 Å². The van der Waals surface area contributed by atoms with Gasteiger partial charge in [0.1, 0.15) is 12.4 Å². The SMILES string of the molecule is NCCOc1ccc(NC(=O)C2CC2C2CCCCC2)cc1. The van der Waals surface area contributed by atoms with E-state index in [2.05, 4.69) is 5.32 Å². The summed E-state index contributed by atoms with van der Waals surface area (Å²) < 4.78 is 5.43. The van der Waals surface area contributed by atoms with Crippen LogP contribution in [0.1, 0.15) is 38.5 Å². The van der Waals surface area contributed by atoms with E-state index < -0.39 is 0 Å². The topological polar surface area (TPSA) is 64.3 Å². The lowest BCUT2D eigenvalue weighted by Crippen LogP contribution is -2.18. The molecule has 0 spiro atoms. The summed E-state index contributed by atoms with van der Waals surface area (Å²) in [6, 6.07) is 7.52. The minimum atomic E-state index is 0.186. The Bertz CT molecular complexity index is 494. The molecule has 0 saturated heterocycles. The van der Waals surface area contributed by atoms with Crippen molar-refractivity contribution >= 4 is 11.6 Å². The van der Waals surface area contributed by atoms with Crippen molar-refractivity contribution in [2.45, 2.75) is 38.5 Å². The second-order valence-corrected chi connectivity index (χ2v) is 6.55. The molecule has 0 aromatic heterocycles. The van der Waals surface area contributed by atoms with Gasteiger partial charge in [0.15, 0.2) is 0 Å². The zero-order valence-electron chi connectivity index (χ0n) is 13.1. The molecule has 1 aromatic carbocycles. The van der Waals surface area contributed by atoms with Crippen LogP contribution in [0.3, 0.4) is 0 Å². The number of nitrogens with one attached hydrogen (secondary N) is 1. The number of hydrogen-bond donors (Lipinski definition) is 2. The highest BCUT2D eigenvalue weighted by Gasteiger charge is 2.47. The average Bonchev–Trinajstić information content (AvgIpc) is 3.36. The number of rotatable bonds is 6. The van der Waals surface area contributed by atoms with Gasteiger partial charge in [-0.2, -0.15) is 0 Å². The van der Waals surface area contributed by atoms with Crippen molar-refractivity contribution in [1.82, 2.24) is 0 Å². The van der Waals surface area contributed by atoms with Gasteiger partial charge in [0.2, 0.25) is 5.91 Å². The summed E-state index contributed by atoms with van der Waals surface area (Å²) in [5.74, 6) is 2.63. The maximum Gasteiger partial charge on any atom is 0.227 e. The Balaban J connectivity index is 1.48. The molecule has 4 heteroatoms. The van der Waals surface area contributed by atoms with Crippen molar-refractivity contribution in [3.8, 4) is 5.75 Å². The summed E-state index contributed by atoms with van der Waals surface area (Å²) in [6.45, 7) is 1.01. The number of anilines is 1. The third-order valence-electron chi connectivity index (χ3n) is 4.94. The molecule has 120 valence electrons. The molecule has 4 nitrogen and oxygen atoms in total. The van der Waals surface area contributed by atoms with Crippen molar-refractivity contribution in [1.29, 1.82) is 0 Å². The van der Waals surface area contributed by atoms with Crippen LogP contribution in [-0.2, 0) is 4.79 Å². The highest BCUT2D eigenvalue weighted by Crippen LogP contribution is 2.49. The second-order valence-electron chi connectivity index (χ2n) is 6.55. The summed E-state index contributed by atoms with van der Waals surface area (Å²) in [5.41, 5.74) is 6.25. The molecule has 3 N–H and O–H groups in total. The largest absolute Gasteiger partial charge is 0.492 e. The van der Waals surface area contributed by atoms with Gasteiger partial charge in [0.25, 0.3) is 0 Å². The van der Waals surface area contributed by atoms with Crippen LogP contribution in [-0.4, -0.2) is 19.1 Å². The van der Waals surface area contributed by atoms with E-state index in [1.807, 2.05) is 24.3 Å². The Hall–Kier alpha value is -1.55. The summed E-state index contributed by atoms with van der Waals surface area (Å²) in [6.07, 6.45) is 7.79. The Morgan fingerprint density at radius 3 is 2.59 bits per heavy atom. The van der Waals surface area contributed by atoms with Crippen molar-refractivity contribution in [3.05, 3.63) is 24.3 Å². The molecule has 2 aliphatic rings.